The van der Waals surface area contributed by atoms with E-state index in [1.54, 1.807) is 0 Å². The summed E-state index contributed by atoms with van der Waals surface area (Å²) in [6, 6.07) is 6.81. The van der Waals surface area contributed by atoms with Crippen LogP contribution in [0.25, 0.3) is 0 Å². The lowest BCUT2D eigenvalue weighted by molar-refractivity contribution is 0.185. The first-order valence-electron chi connectivity index (χ1n) is 7.72. The molecular formula is C16H22N4S. The van der Waals surface area contributed by atoms with E-state index in [2.05, 4.69) is 32.6 Å². The molecule has 2 aliphatic heterocycles. The SMILES string of the molecule is Cc1ccc(C#N)c(N2CCC(N3CCSCC3)CC2)n1. The summed E-state index contributed by atoms with van der Waals surface area (Å²) in [5.41, 5.74) is 1.69. The fraction of sp³-hybridized carbons (Fsp3) is 0.625. The maximum absolute atomic E-state index is 9.27. The van der Waals surface area contributed by atoms with E-state index in [9.17, 15) is 5.26 Å². The Bertz CT molecular complexity index is 526. The number of anilines is 1. The van der Waals surface area contributed by atoms with Gasteiger partial charge in [-0.25, -0.2) is 4.98 Å². The molecule has 1 aromatic heterocycles. The fourth-order valence-corrected chi connectivity index (χ4v) is 4.19. The van der Waals surface area contributed by atoms with Gasteiger partial charge in [-0.15, -0.1) is 0 Å². The van der Waals surface area contributed by atoms with Gasteiger partial charge in [0.25, 0.3) is 0 Å². The van der Waals surface area contributed by atoms with Crippen LogP contribution in [0.4, 0.5) is 5.82 Å². The van der Waals surface area contributed by atoms with Crippen LogP contribution in [0, 0.1) is 18.3 Å². The van der Waals surface area contributed by atoms with Gasteiger partial charge in [0, 0.05) is 49.4 Å². The molecule has 1 aromatic rings. The van der Waals surface area contributed by atoms with Crippen molar-refractivity contribution < 1.29 is 0 Å². The zero-order chi connectivity index (χ0) is 14.7. The van der Waals surface area contributed by atoms with Gasteiger partial charge in [-0.2, -0.15) is 17.0 Å². The van der Waals surface area contributed by atoms with E-state index in [1.165, 1.54) is 37.4 Å². The average molecular weight is 302 g/mol. The highest BCUT2D eigenvalue weighted by Crippen LogP contribution is 2.25. The van der Waals surface area contributed by atoms with Crippen molar-refractivity contribution in [2.75, 3.05) is 42.6 Å². The van der Waals surface area contributed by atoms with E-state index in [0.717, 1.165) is 30.6 Å². The van der Waals surface area contributed by atoms with Crippen molar-refractivity contribution in [1.82, 2.24) is 9.88 Å². The van der Waals surface area contributed by atoms with E-state index in [1.807, 2.05) is 19.1 Å². The number of aromatic nitrogens is 1. The summed E-state index contributed by atoms with van der Waals surface area (Å²) in [6.45, 7) is 6.49. The Morgan fingerprint density at radius 1 is 1.19 bits per heavy atom. The van der Waals surface area contributed by atoms with Crippen molar-refractivity contribution in [3.63, 3.8) is 0 Å². The van der Waals surface area contributed by atoms with Crippen molar-refractivity contribution in [2.45, 2.75) is 25.8 Å². The van der Waals surface area contributed by atoms with Gasteiger partial charge in [-0.05, 0) is 31.9 Å². The highest BCUT2D eigenvalue weighted by molar-refractivity contribution is 7.99. The summed E-state index contributed by atoms with van der Waals surface area (Å²) in [5.74, 6) is 3.43. The molecule has 0 amide bonds. The molecule has 0 radical (unpaired) electrons. The molecule has 5 heteroatoms. The van der Waals surface area contributed by atoms with Gasteiger partial charge < -0.3 is 4.90 Å². The molecule has 2 fully saturated rings. The molecule has 0 N–H and O–H groups in total. The number of rotatable bonds is 2. The molecule has 0 saturated carbocycles. The number of pyridine rings is 1. The third-order valence-corrected chi connectivity index (χ3v) is 5.40. The number of hydrogen-bond donors (Lipinski definition) is 0. The van der Waals surface area contributed by atoms with Crippen LogP contribution in [0.15, 0.2) is 12.1 Å². The zero-order valence-electron chi connectivity index (χ0n) is 12.6. The van der Waals surface area contributed by atoms with E-state index < -0.39 is 0 Å². The van der Waals surface area contributed by atoms with Gasteiger partial charge in [0.15, 0.2) is 0 Å². The standard InChI is InChI=1S/C16H22N4S/c1-13-2-3-14(12-17)16(18-13)20-6-4-15(5-7-20)19-8-10-21-11-9-19/h2-3,15H,4-11H2,1H3. The van der Waals surface area contributed by atoms with Crippen LogP contribution < -0.4 is 4.90 Å². The normalized spacial score (nSPS) is 21.2. The van der Waals surface area contributed by atoms with E-state index >= 15 is 0 Å². The van der Waals surface area contributed by atoms with Crippen molar-refractivity contribution in [3.8, 4) is 6.07 Å². The van der Waals surface area contributed by atoms with Crippen molar-refractivity contribution in [2.24, 2.45) is 0 Å². The van der Waals surface area contributed by atoms with Gasteiger partial charge in [0.2, 0.25) is 0 Å². The molecule has 3 rings (SSSR count). The summed E-state index contributed by atoms with van der Waals surface area (Å²) in [7, 11) is 0. The number of aryl methyl sites for hydroxylation is 1. The Hall–Kier alpha value is -1.25. The number of thioether (sulfide) groups is 1. The molecule has 21 heavy (non-hydrogen) atoms. The molecule has 2 saturated heterocycles. The van der Waals surface area contributed by atoms with Crippen LogP contribution in [0.2, 0.25) is 0 Å². The molecule has 2 aliphatic rings. The van der Waals surface area contributed by atoms with Crippen molar-refractivity contribution in [1.29, 1.82) is 5.26 Å². The Labute approximate surface area is 131 Å². The molecule has 4 nitrogen and oxygen atoms in total. The summed E-state index contributed by atoms with van der Waals surface area (Å²) in [6.07, 6.45) is 2.37. The molecule has 112 valence electrons. The third kappa shape index (κ3) is 3.33. The lowest BCUT2D eigenvalue weighted by atomic mass is 10.0. The number of hydrogen-bond acceptors (Lipinski definition) is 5. The van der Waals surface area contributed by atoms with Crippen LogP contribution in [-0.2, 0) is 0 Å². The Morgan fingerprint density at radius 3 is 2.57 bits per heavy atom. The minimum atomic E-state index is 0.702. The third-order valence-electron chi connectivity index (χ3n) is 4.46. The number of piperidine rings is 1. The maximum atomic E-state index is 9.27. The highest BCUT2D eigenvalue weighted by atomic mass is 32.2. The molecule has 0 aliphatic carbocycles. The zero-order valence-corrected chi connectivity index (χ0v) is 13.4. The van der Waals surface area contributed by atoms with E-state index in [-0.39, 0.29) is 0 Å². The predicted molar refractivity (Wildman–Crippen MR) is 87.8 cm³/mol. The van der Waals surface area contributed by atoms with Crippen LogP contribution in [0.3, 0.4) is 0 Å². The lowest BCUT2D eigenvalue weighted by Crippen LogP contribution is -2.48. The Balaban J connectivity index is 1.65. The average Bonchev–Trinajstić information content (AvgIpc) is 2.56. The van der Waals surface area contributed by atoms with Crippen LogP contribution in [0.1, 0.15) is 24.1 Å². The minimum absolute atomic E-state index is 0.702. The van der Waals surface area contributed by atoms with Crippen LogP contribution >= 0.6 is 11.8 Å². The van der Waals surface area contributed by atoms with Crippen molar-refractivity contribution >= 4 is 17.6 Å². The van der Waals surface area contributed by atoms with E-state index in [4.69, 9.17) is 0 Å². The number of nitrogens with zero attached hydrogens (tertiary/aromatic N) is 4. The first-order valence-corrected chi connectivity index (χ1v) is 8.88. The molecule has 0 aromatic carbocycles. The first kappa shape index (κ1) is 14.7. The predicted octanol–water partition coefficient (Wildman–Crippen LogP) is 2.28. The molecule has 0 atom stereocenters. The molecule has 0 bridgehead atoms. The van der Waals surface area contributed by atoms with Gasteiger partial charge in [0.1, 0.15) is 11.9 Å². The smallest absolute Gasteiger partial charge is 0.146 e. The quantitative estimate of drug-likeness (QED) is 0.838. The fourth-order valence-electron chi connectivity index (χ4n) is 3.26. The van der Waals surface area contributed by atoms with Gasteiger partial charge in [0.05, 0.1) is 5.56 Å². The van der Waals surface area contributed by atoms with Crippen LogP contribution in [-0.4, -0.2) is 53.6 Å². The van der Waals surface area contributed by atoms with Gasteiger partial charge >= 0.3 is 0 Å². The van der Waals surface area contributed by atoms with Gasteiger partial charge in [-0.3, -0.25) is 4.90 Å². The number of nitriles is 1. The largest absolute Gasteiger partial charge is 0.355 e. The Morgan fingerprint density at radius 2 is 1.90 bits per heavy atom. The maximum Gasteiger partial charge on any atom is 0.146 e. The summed E-state index contributed by atoms with van der Waals surface area (Å²) >= 11 is 2.07. The first-order chi connectivity index (χ1) is 10.3. The second-order valence-corrected chi connectivity index (χ2v) is 7.03. The molecule has 0 unspecified atom stereocenters. The Kier molecular flexibility index (Phi) is 4.67. The molecule has 0 spiro atoms. The van der Waals surface area contributed by atoms with Crippen molar-refractivity contribution in [3.05, 3.63) is 23.4 Å². The summed E-state index contributed by atoms with van der Waals surface area (Å²) in [5, 5.41) is 9.27. The lowest BCUT2D eigenvalue weighted by Gasteiger charge is -2.40. The monoisotopic (exact) mass is 302 g/mol. The summed E-state index contributed by atoms with van der Waals surface area (Å²) < 4.78 is 0. The summed E-state index contributed by atoms with van der Waals surface area (Å²) in [4.78, 5) is 9.54. The second-order valence-electron chi connectivity index (χ2n) is 5.80. The molecule has 3 heterocycles. The topological polar surface area (TPSA) is 43.2 Å². The second kappa shape index (κ2) is 6.67. The minimum Gasteiger partial charge on any atom is -0.355 e. The van der Waals surface area contributed by atoms with Crippen LogP contribution in [0.5, 0.6) is 0 Å². The van der Waals surface area contributed by atoms with Gasteiger partial charge in [-0.1, -0.05) is 0 Å². The highest BCUT2D eigenvalue weighted by Gasteiger charge is 2.27. The van der Waals surface area contributed by atoms with E-state index in [0.29, 0.717) is 5.56 Å². The molecular weight excluding hydrogens is 280 g/mol.